The first kappa shape index (κ1) is 26.2. The maximum Gasteiger partial charge on any atom is 0.325 e. The third kappa shape index (κ3) is 5.30. The van der Waals surface area contributed by atoms with Gasteiger partial charge < -0.3 is 39.2 Å². The van der Waals surface area contributed by atoms with Gasteiger partial charge >= 0.3 is 11.9 Å². The molecule has 6 atom stereocenters. The third-order valence-electron chi connectivity index (χ3n) is 7.25. The number of epoxide rings is 2. The van der Waals surface area contributed by atoms with Gasteiger partial charge in [-0.3, -0.25) is 9.59 Å². The molecule has 1 aromatic rings. The number of anilines is 1. The molecule has 3 fully saturated rings. The van der Waals surface area contributed by atoms with E-state index in [1.165, 1.54) is 17.7 Å². The Morgan fingerprint density at radius 1 is 1.22 bits per heavy atom. The molecule has 3 N–H and O–H groups in total. The van der Waals surface area contributed by atoms with Crippen LogP contribution in [0.1, 0.15) is 47.0 Å². The van der Waals surface area contributed by atoms with Gasteiger partial charge in [-0.2, -0.15) is 0 Å². The Balaban J connectivity index is 1.39. The highest BCUT2D eigenvalue weighted by Gasteiger charge is 2.72. The summed E-state index contributed by atoms with van der Waals surface area (Å²) in [6, 6.07) is 2.48. The van der Waals surface area contributed by atoms with E-state index in [0.717, 1.165) is 19.8 Å². The summed E-state index contributed by atoms with van der Waals surface area (Å²) in [5.41, 5.74) is 0.758. The van der Waals surface area contributed by atoms with Crippen molar-refractivity contribution in [3.8, 4) is 17.2 Å². The van der Waals surface area contributed by atoms with E-state index in [1.807, 2.05) is 0 Å². The van der Waals surface area contributed by atoms with E-state index in [2.05, 4.69) is 32.2 Å². The zero-order chi connectivity index (χ0) is 26.3. The molecule has 2 heterocycles. The Morgan fingerprint density at radius 2 is 1.89 bits per heavy atom. The Bertz CT molecular complexity index is 1020. The lowest BCUT2D eigenvalue weighted by Crippen LogP contribution is -2.55. The van der Waals surface area contributed by atoms with Gasteiger partial charge in [0.25, 0.3) is 0 Å². The van der Waals surface area contributed by atoms with E-state index in [9.17, 15) is 19.8 Å². The van der Waals surface area contributed by atoms with E-state index >= 15 is 0 Å². The number of nitrogens with one attached hydrogen (secondary N) is 1. The van der Waals surface area contributed by atoms with E-state index < -0.39 is 35.1 Å². The largest absolute Gasteiger partial charge is 0.504 e. The molecule has 10 heteroatoms. The van der Waals surface area contributed by atoms with Gasteiger partial charge in [-0.1, -0.05) is 11.6 Å². The van der Waals surface area contributed by atoms with Crippen LogP contribution in [0.2, 0.25) is 0 Å². The average molecular weight is 506 g/mol. The van der Waals surface area contributed by atoms with E-state index in [1.54, 1.807) is 7.11 Å². The molecule has 1 spiro atoms. The number of carbonyl (C=O) groups is 2. The summed E-state index contributed by atoms with van der Waals surface area (Å²) >= 11 is 0. The predicted octanol–water partition coefficient (Wildman–Crippen LogP) is 3.05. The molecular formula is C26H35NO9. The van der Waals surface area contributed by atoms with Crippen molar-refractivity contribution < 1.29 is 43.5 Å². The van der Waals surface area contributed by atoms with Gasteiger partial charge in [0.05, 0.1) is 18.6 Å². The lowest BCUT2D eigenvalue weighted by molar-refractivity contribution is -0.170. The monoisotopic (exact) mass is 505 g/mol. The molecule has 4 rings (SSSR count). The molecule has 10 nitrogen and oxygen atoms in total. The molecule has 1 aliphatic carbocycles. The van der Waals surface area contributed by atoms with Crippen LogP contribution in [-0.4, -0.2) is 71.9 Å². The predicted molar refractivity (Wildman–Crippen MR) is 129 cm³/mol. The van der Waals surface area contributed by atoms with Crippen molar-refractivity contribution in [2.24, 2.45) is 5.92 Å². The van der Waals surface area contributed by atoms with Crippen LogP contribution in [0.4, 0.5) is 5.69 Å². The van der Waals surface area contributed by atoms with Gasteiger partial charge in [-0.25, -0.2) is 0 Å². The van der Waals surface area contributed by atoms with Crippen LogP contribution >= 0.6 is 0 Å². The molecule has 6 unspecified atom stereocenters. The summed E-state index contributed by atoms with van der Waals surface area (Å²) in [6.45, 7) is 7.79. The van der Waals surface area contributed by atoms with Crippen molar-refractivity contribution in [3.05, 3.63) is 23.8 Å². The minimum absolute atomic E-state index is 0.0579. The normalized spacial score (nSPS) is 32.5. The Kier molecular flexibility index (Phi) is 7.23. The second kappa shape index (κ2) is 9.91. The number of aromatic hydroxyl groups is 2. The maximum absolute atomic E-state index is 12.7. The first-order chi connectivity index (χ1) is 17.0. The summed E-state index contributed by atoms with van der Waals surface area (Å²) in [5.74, 6) is -2.50. The van der Waals surface area contributed by atoms with Gasteiger partial charge in [-0.15, -0.1) is 0 Å². The number of esters is 2. The van der Waals surface area contributed by atoms with Crippen molar-refractivity contribution in [2.75, 3.05) is 25.6 Å². The standard InChI is InChI=1S/C26H35NO9/c1-14(2)6-7-20-25(4,36-20)24-23(32-5)19(8-9-26(24)13-33-26)35-21(31)12-27-16-10-17(29)22(18(30)11-16)34-15(3)28/h6,10-11,19-20,23-24,27,29-30H,7-9,12-13H2,1-5H3. The second-order valence-electron chi connectivity index (χ2n) is 10.2. The number of ether oxygens (including phenoxy) is 5. The Morgan fingerprint density at radius 3 is 2.44 bits per heavy atom. The zero-order valence-electron chi connectivity index (χ0n) is 21.3. The molecule has 1 aromatic carbocycles. The SMILES string of the molecule is COC1C(OC(=O)CNc2cc(O)c(OC(C)=O)c(O)c2)CCC2(CO2)C1C1(C)OC1CC=C(C)C. The van der Waals surface area contributed by atoms with Crippen LogP contribution in [0.25, 0.3) is 0 Å². The van der Waals surface area contributed by atoms with Crippen molar-refractivity contribution in [1.29, 1.82) is 0 Å². The quantitative estimate of drug-likeness (QED) is 0.199. The summed E-state index contributed by atoms with van der Waals surface area (Å²) in [4.78, 5) is 23.8. The summed E-state index contributed by atoms with van der Waals surface area (Å²) in [6.07, 6.45) is 3.53. The highest BCUT2D eigenvalue weighted by molar-refractivity contribution is 5.77. The van der Waals surface area contributed by atoms with Gasteiger partial charge in [0.1, 0.15) is 30.0 Å². The number of benzene rings is 1. The number of rotatable bonds is 9. The minimum atomic E-state index is -0.685. The van der Waals surface area contributed by atoms with E-state index in [4.69, 9.17) is 23.7 Å². The van der Waals surface area contributed by atoms with Crippen LogP contribution < -0.4 is 10.1 Å². The molecule has 0 amide bonds. The zero-order valence-corrected chi connectivity index (χ0v) is 21.3. The number of hydrogen-bond acceptors (Lipinski definition) is 10. The highest BCUT2D eigenvalue weighted by atomic mass is 16.6. The number of phenols is 2. The van der Waals surface area contributed by atoms with Crippen LogP contribution in [0.15, 0.2) is 23.8 Å². The molecular weight excluding hydrogens is 470 g/mol. The van der Waals surface area contributed by atoms with Crippen LogP contribution in [0, 0.1) is 5.92 Å². The number of methoxy groups -OCH3 is 1. The molecule has 2 saturated heterocycles. The minimum Gasteiger partial charge on any atom is -0.504 e. The molecule has 3 aliphatic rings. The molecule has 0 bridgehead atoms. The molecule has 198 valence electrons. The van der Waals surface area contributed by atoms with Crippen molar-refractivity contribution in [2.45, 2.75) is 76.5 Å². The van der Waals surface area contributed by atoms with Crippen molar-refractivity contribution >= 4 is 17.6 Å². The van der Waals surface area contributed by atoms with Crippen molar-refractivity contribution in [1.82, 2.24) is 0 Å². The summed E-state index contributed by atoms with van der Waals surface area (Å²) in [5, 5.41) is 22.9. The smallest absolute Gasteiger partial charge is 0.325 e. The number of phenolic OH excluding ortho intramolecular Hbond substituents is 2. The lowest BCUT2D eigenvalue weighted by Gasteiger charge is -2.42. The summed E-state index contributed by atoms with van der Waals surface area (Å²) in [7, 11) is 1.62. The van der Waals surface area contributed by atoms with Crippen LogP contribution in [0.5, 0.6) is 17.2 Å². The Labute approximate surface area is 210 Å². The highest BCUT2D eigenvalue weighted by Crippen LogP contribution is 2.59. The second-order valence-corrected chi connectivity index (χ2v) is 10.2. The fourth-order valence-electron chi connectivity index (χ4n) is 5.40. The summed E-state index contributed by atoms with van der Waals surface area (Å²) < 4.78 is 28.6. The van der Waals surface area contributed by atoms with Crippen LogP contribution in [0.3, 0.4) is 0 Å². The molecule has 2 aliphatic heterocycles. The molecule has 36 heavy (non-hydrogen) atoms. The van der Waals surface area contributed by atoms with E-state index in [0.29, 0.717) is 13.0 Å². The molecule has 0 radical (unpaired) electrons. The Hall–Kier alpha value is -2.82. The number of allylic oxidation sites excluding steroid dienone is 1. The van der Waals surface area contributed by atoms with Gasteiger partial charge in [0, 0.05) is 31.9 Å². The first-order valence-electron chi connectivity index (χ1n) is 12.1. The van der Waals surface area contributed by atoms with Gasteiger partial charge in [-0.05, 0) is 40.0 Å². The average Bonchev–Trinajstić information content (AvgIpc) is 3.71. The number of carbonyl (C=O) groups excluding carboxylic acids is 2. The maximum atomic E-state index is 12.7. The molecule has 0 aromatic heterocycles. The van der Waals surface area contributed by atoms with E-state index in [-0.39, 0.29) is 41.7 Å². The van der Waals surface area contributed by atoms with Gasteiger partial charge in [0.15, 0.2) is 11.5 Å². The first-order valence-corrected chi connectivity index (χ1v) is 12.1. The van der Waals surface area contributed by atoms with Crippen molar-refractivity contribution in [3.63, 3.8) is 0 Å². The third-order valence-corrected chi connectivity index (χ3v) is 7.25. The molecule has 1 saturated carbocycles. The number of hydrogen-bond donors (Lipinski definition) is 3. The fourth-order valence-corrected chi connectivity index (χ4v) is 5.40. The fraction of sp³-hybridized carbons (Fsp3) is 0.615. The topological polar surface area (TPSA) is 139 Å². The lowest BCUT2D eigenvalue weighted by atomic mass is 9.68. The van der Waals surface area contributed by atoms with Crippen LogP contribution in [-0.2, 0) is 28.5 Å². The van der Waals surface area contributed by atoms with Gasteiger partial charge in [0.2, 0.25) is 5.75 Å².